The van der Waals surface area contributed by atoms with Gasteiger partial charge in [0.1, 0.15) is 5.75 Å². The van der Waals surface area contributed by atoms with Gasteiger partial charge < -0.3 is 15.3 Å². The van der Waals surface area contributed by atoms with Crippen LogP contribution in [0.3, 0.4) is 0 Å². The average Bonchev–Trinajstić information content (AvgIpc) is 2.70. The molecule has 0 bridgehead atoms. The number of nitrogens with zero attached hydrogens (tertiary/aromatic N) is 2. The van der Waals surface area contributed by atoms with Crippen LogP contribution >= 0.6 is 0 Å². The topological polar surface area (TPSA) is 55.8 Å². The van der Waals surface area contributed by atoms with Crippen LogP contribution in [-0.4, -0.2) is 60.6 Å². The van der Waals surface area contributed by atoms with Crippen LogP contribution in [0.25, 0.3) is 0 Å². The standard InChI is InChI=1S/C15H23N3O2/c1-17(11-13-3-5-14(19)6-4-13)15(20)12-18-9-2-7-16-8-10-18/h3-6,16,19H,2,7-12H2,1H3. The van der Waals surface area contributed by atoms with E-state index in [0.29, 0.717) is 13.1 Å². The van der Waals surface area contributed by atoms with Gasteiger partial charge in [-0.15, -0.1) is 0 Å². The Bertz CT molecular complexity index is 425. The highest BCUT2D eigenvalue weighted by molar-refractivity contribution is 5.78. The maximum Gasteiger partial charge on any atom is 0.236 e. The molecule has 2 rings (SSSR count). The number of aromatic hydroxyl groups is 1. The summed E-state index contributed by atoms with van der Waals surface area (Å²) >= 11 is 0. The molecular weight excluding hydrogens is 254 g/mol. The summed E-state index contributed by atoms with van der Waals surface area (Å²) in [6, 6.07) is 6.98. The first-order valence-corrected chi connectivity index (χ1v) is 7.10. The van der Waals surface area contributed by atoms with Crippen molar-refractivity contribution in [2.45, 2.75) is 13.0 Å². The Morgan fingerprint density at radius 1 is 1.30 bits per heavy atom. The molecule has 0 aliphatic carbocycles. The molecule has 1 aliphatic heterocycles. The molecule has 110 valence electrons. The SMILES string of the molecule is CN(Cc1ccc(O)cc1)C(=O)CN1CCCNCC1. The van der Waals surface area contributed by atoms with Gasteiger partial charge in [-0.1, -0.05) is 12.1 Å². The molecular formula is C15H23N3O2. The fourth-order valence-electron chi connectivity index (χ4n) is 2.34. The van der Waals surface area contributed by atoms with Crippen LogP contribution in [0.1, 0.15) is 12.0 Å². The van der Waals surface area contributed by atoms with Crippen molar-refractivity contribution in [3.8, 4) is 5.75 Å². The van der Waals surface area contributed by atoms with Crippen LogP contribution in [0.4, 0.5) is 0 Å². The zero-order valence-corrected chi connectivity index (χ0v) is 12.0. The second-order valence-electron chi connectivity index (χ2n) is 5.30. The molecule has 0 aromatic heterocycles. The van der Waals surface area contributed by atoms with Gasteiger partial charge in [0.05, 0.1) is 6.54 Å². The maximum absolute atomic E-state index is 12.2. The van der Waals surface area contributed by atoms with E-state index in [4.69, 9.17) is 0 Å². The van der Waals surface area contributed by atoms with E-state index in [0.717, 1.165) is 38.2 Å². The van der Waals surface area contributed by atoms with Crippen molar-refractivity contribution in [3.63, 3.8) is 0 Å². The summed E-state index contributed by atoms with van der Waals surface area (Å²) < 4.78 is 0. The van der Waals surface area contributed by atoms with Crippen molar-refractivity contribution in [1.29, 1.82) is 0 Å². The number of hydrogen-bond acceptors (Lipinski definition) is 4. The molecule has 2 N–H and O–H groups in total. The number of amides is 1. The predicted octanol–water partition coefficient (Wildman–Crippen LogP) is 0.646. The van der Waals surface area contributed by atoms with Crippen molar-refractivity contribution in [2.75, 3.05) is 39.8 Å². The van der Waals surface area contributed by atoms with Crippen molar-refractivity contribution >= 4 is 5.91 Å². The smallest absolute Gasteiger partial charge is 0.236 e. The lowest BCUT2D eigenvalue weighted by Crippen LogP contribution is -2.39. The summed E-state index contributed by atoms with van der Waals surface area (Å²) in [4.78, 5) is 16.2. The van der Waals surface area contributed by atoms with Gasteiger partial charge >= 0.3 is 0 Å². The molecule has 0 atom stereocenters. The molecule has 1 heterocycles. The average molecular weight is 277 g/mol. The lowest BCUT2D eigenvalue weighted by molar-refractivity contribution is -0.131. The molecule has 5 heteroatoms. The zero-order chi connectivity index (χ0) is 14.4. The first-order chi connectivity index (χ1) is 9.65. The Hall–Kier alpha value is -1.59. The number of carbonyl (C=O) groups excluding carboxylic acids is 1. The second-order valence-corrected chi connectivity index (χ2v) is 5.30. The Balaban J connectivity index is 1.83. The zero-order valence-electron chi connectivity index (χ0n) is 12.0. The van der Waals surface area contributed by atoms with Crippen molar-refractivity contribution in [1.82, 2.24) is 15.1 Å². The number of rotatable bonds is 4. The lowest BCUT2D eigenvalue weighted by Gasteiger charge is -2.23. The Kier molecular flexibility index (Phi) is 5.38. The summed E-state index contributed by atoms with van der Waals surface area (Å²) in [5.41, 5.74) is 1.02. The first-order valence-electron chi connectivity index (χ1n) is 7.10. The number of hydrogen-bond donors (Lipinski definition) is 2. The quantitative estimate of drug-likeness (QED) is 0.848. The summed E-state index contributed by atoms with van der Waals surface area (Å²) in [5, 5.41) is 12.6. The van der Waals surface area contributed by atoms with Crippen molar-refractivity contribution < 1.29 is 9.90 Å². The first kappa shape index (κ1) is 14.8. The van der Waals surface area contributed by atoms with Crippen LogP contribution in [0.2, 0.25) is 0 Å². The molecule has 1 aliphatic rings. The number of likely N-dealkylation sites (N-methyl/N-ethyl adjacent to an activating group) is 1. The van der Waals surface area contributed by atoms with E-state index < -0.39 is 0 Å². The van der Waals surface area contributed by atoms with E-state index in [9.17, 15) is 9.90 Å². The van der Waals surface area contributed by atoms with Crippen LogP contribution in [0.5, 0.6) is 5.75 Å². The fraction of sp³-hybridized carbons (Fsp3) is 0.533. The molecule has 1 fully saturated rings. The van der Waals surface area contributed by atoms with Gasteiger partial charge in [-0.2, -0.15) is 0 Å². The highest BCUT2D eigenvalue weighted by Crippen LogP contribution is 2.11. The number of carbonyl (C=O) groups is 1. The third-order valence-electron chi connectivity index (χ3n) is 3.57. The Labute approximate surface area is 120 Å². The molecule has 1 aromatic carbocycles. The van der Waals surface area contributed by atoms with E-state index >= 15 is 0 Å². The third kappa shape index (κ3) is 4.51. The van der Waals surface area contributed by atoms with E-state index in [1.165, 1.54) is 0 Å². The van der Waals surface area contributed by atoms with Gasteiger partial charge in [-0.3, -0.25) is 9.69 Å². The number of phenolic OH excluding ortho intramolecular Hbond substituents is 1. The molecule has 0 saturated carbocycles. The molecule has 1 amide bonds. The van der Waals surface area contributed by atoms with E-state index in [1.54, 1.807) is 17.0 Å². The van der Waals surface area contributed by atoms with E-state index in [2.05, 4.69) is 10.2 Å². The minimum atomic E-state index is 0.139. The van der Waals surface area contributed by atoms with Gasteiger partial charge in [-0.05, 0) is 37.2 Å². The molecule has 1 saturated heterocycles. The van der Waals surface area contributed by atoms with Crippen LogP contribution in [0, 0.1) is 0 Å². The number of nitrogens with one attached hydrogen (secondary N) is 1. The molecule has 0 radical (unpaired) electrons. The van der Waals surface area contributed by atoms with Crippen LogP contribution in [-0.2, 0) is 11.3 Å². The molecule has 0 spiro atoms. The van der Waals surface area contributed by atoms with Gasteiger partial charge in [-0.25, -0.2) is 0 Å². The van der Waals surface area contributed by atoms with Gasteiger partial charge in [0.15, 0.2) is 0 Å². The lowest BCUT2D eigenvalue weighted by atomic mass is 10.2. The normalized spacial score (nSPS) is 16.6. The van der Waals surface area contributed by atoms with Crippen LogP contribution in [0.15, 0.2) is 24.3 Å². The second kappa shape index (κ2) is 7.26. The highest BCUT2D eigenvalue weighted by atomic mass is 16.3. The fourth-order valence-corrected chi connectivity index (χ4v) is 2.34. The summed E-state index contributed by atoms with van der Waals surface area (Å²) in [6.07, 6.45) is 1.09. The minimum absolute atomic E-state index is 0.139. The molecule has 0 unspecified atom stereocenters. The minimum Gasteiger partial charge on any atom is -0.508 e. The van der Waals surface area contributed by atoms with E-state index in [1.807, 2.05) is 19.2 Å². The van der Waals surface area contributed by atoms with Crippen LogP contribution < -0.4 is 5.32 Å². The summed E-state index contributed by atoms with van der Waals surface area (Å²) in [7, 11) is 1.82. The maximum atomic E-state index is 12.2. The van der Waals surface area contributed by atoms with Gasteiger partial charge in [0.2, 0.25) is 5.91 Å². The highest BCUT2D eigenvalue weighted by Gasteiger charge is 2.15. The van der Waals surface area contributed by atoms with Gasteiger partial charge in [0, 0.05) is 26.7 Å². The van der Waals surface area contributed by atoms with Crippen molar-refractivity contribution in [2.24, 2.45) is 0 Å². The monoisotopic (exact) mass is 277 g/mol. The van der Waals surface area contributed by atoms with Crippen molar-refractivity contribution in [3.05, 3.63) is 29.8 Å². The number of phenols is 1. The summed E-state index contributed by atoms with van der Waals surface area (Å²) in [6.45, 7) is 4.95. The third-order valence-corrected chi connectivity index (χ3v) is 3.57. The Morgan fingerprint density at radius 2 is 2.05 bits per heavy atom. The predicted molar refractivity (Wildman–Crippen MR) is 78.5 cm³/mol. The van der Waals surface area contributed by atoms with E-state index in [-0.39, 0.29) is 11.7 Å². The Morgan fingerprint density at radius 3 is 2.80 bits per heavy atom. The molecule has 1 aromatic rings. The molecule has 20 heavy (non-hydrogen) atoms. The largest absolute Gasteiger partial charge is 0.508 e. The molecule has 5 nitrogen and oxygen atoms in total. The van der Waals surface area contributed by atoms with Gasteiger partial charge in [0.25, 0.3) is 0 Å². The summed E-state index contributed by atoms with van der Waals surface area (Å²) in [5.74, 6) is 0.389. The number of benzene rings is 1.